The summed E-state index contributed by atoms with van der Waals surface area (Å²) < 4.78 is 5.12. The Morgan fingerprint density at radius 3 is 1.79 bits per heavy atom. The van der Waals surface area contributed by atoms with Crippen molar-refractivity contribution >= 4 is 11.9 Å². The first-order valence-electron chi connectivity index (χ1n) is 8.01. The number of ether oxygens (including phenoxy) is 1. The second-order valence-electron chi connectivity index (χ2n) is 8.21. The zero-order valence-corrected chi connectivity index (χ0v) is 15.6. The third-order valence-corrected chi connectivity index (χ3v) is 3.89. The lowest BCUT2D eigenvalue weighted by molar-refractivity contribution is -0.158. The molecule has 0 aliphatic heterocycles. The Balaban J connectivity index is 3.21. The molecule has 1 aromatic carbocycles. The molecule has 1 atom stereocenters. The molecular weight excluding hydrogens is 308 g/mol. The Morgan fingerprint density at radius 1 is 1.04 bits per heavy atom. The fourth-order valence-electron chi connectivity index (χ4n) is 2.30. The molecule has 0 aromatic heterocycles. The summed E-state index contributed by atoms with van der Waals surface area (Å²) in [6, 6.07) is 3.62. The maximum absolute atomic E-state index is 11.7. The third kappa shape index (κ3) is 4.73. The molecule has 134 valence electrons. The Morgan fingerprint density at radius 2 is 1.46 bits per heavy atom. The Bertz CT molecular complexity index is 597. The number of carboxylic acid groups (broad SMARTS) is 1. The normalized spacial score (nSPS) is 13.5. The Labute approximate surface area is 143 Å². The van der Waals surface area contributed by atoms with E-state index in [9.17, 15) is 14.7 Å². The van der Waals surface area contributed by atoms with Gasteiger partial charge in [0.1, 0.15) is 12.4 Å². The van der Waals surface area contributed by atoms with Gasteiger partial charge in [0.05, 0.1) is 0 Å². The summed E-state index contributed by atoms with van der Waals surface area (Å²) >= 11 is 0. The number of aromatic hydroxyl groups is 1. The third-order valence-electron chi connectivity index (χ3n) is 3.89. The van der Waals surface area contributed by atoms with Crippen LogP contribution < -0.4 is 0 Å². The summed E-state index contributed by atoms with van der Waals surface area (Å²) in [5.74, 6) is -2.93. The summed E-state index contributed by atoms with van der Waals surface area (Å²) in [5, 5.41) is 19.5. The minimum atomic E-state index is -1.21. The molecule has 0 amide bonds. The minimum absolute atomic E-state index is 0.0249. The van der Waals surface area contributed by atoms with Gasteiger partial charge in [-0.3, -0.25) is 9.59 Å². The summed E-state index contributed by atoms with van der Waals surface area (Å²) in [6.07, 6.45) is 0. The number of carbonyl (C=O) groups is 2. The molecule has 0 saturated heterocycles. The molecule has 0 radical (unpaired) electrons. The zero-order chi connectivity index (χ0) is 18.9. The summed E-state index contributed by atoms with van der Waals surface area (Å²) in [7, 11) is 0. The van der Waals surface area contributed by atoms with Crippen molar-refractivity contribution in [3.63, 3.8) is 0 Å². The number of hydrogen-bond donors (Lipinski definition) is 2. The number of rotatable bonds is 4. The predicted molar refractivity (Wildman–Crippen MR) is 92.1 cm³/mol. The fraction of sp³-hybridized carbons (Fsp3) is 0.579. The molecule has 0 spiro atoms. The molecule has 1 unspecified atom stereocenters. The van der Waals surface area contributed by atoms with E-state index in [1.165, 1.54) is 6.92 Å². The van der Waals surface area contributed by atoms with E-state index >= 15 is 0 Å². The van der Waals surface area contributed by atoms with Crippen molar-refractivity contribution in [3.8, 4) is 5.75 Å². The first-order chi connectivity index (χ1) is 10.7. The van der Waals surface area contributed by atoms with Crippen molar-refractivity contribution in [3.05, 3.63) is 28.8 Å². The van der Waals surface area contributed by atoms with Gasteiger partial charge in [0.15, 0.2) is 5.92 Å². The Kier molecular flexibility index (Phi) is 5.70. The summed E-state index contributed by atoms with van der Waals surface area (Å²) in [4.78, 5) is 22.6. The van der Waals surface area contributed by atoms with Crippen LogP contribution in [0.2, 0.25) is 0 Å². The molecule has 5 heteroatoms. The van der Waals surface area contributed by atoms with Gasteiger partial charge in [-0.25, -0.2) is 0 Å². The van der Waals surface area contributed by atoms with Crippen molar-refractivity contribution in [2.75, 3.05) is 0 Å². The van der Waals surface area contributed by atoms with E-state index in [1.807, 2.05) is 53.7 Å². The van der Waals surface area contributed by atoms with E-state index in [1.54, 1.807) is 0 Å². The zero-order valence-electron chi connectivity index (χ0n) is 15.6. The number of benzene rings is 1. The molecule has 2 N–H and O–H groups in total. The molecule has 0 aliphatic rings. The van der Waals surface area contributed by atoms with Crippen molar-refractivity contribution < 1.29 is 24.5 Å². The average molecular weight is 336 g/mol. The molecule has 0 bridgehead atoms. The van der Waals surface area contributed by atoms with Gasteiger partial charge in [0, 0.05) is 0 Å². The van der Waals surface area contributed by atoms with Crippen LogP contribution in [0.15, 0.2) is 12.1 Å². The van der Waals surface area contributed by atoms with Crippen LogP contribution in [0.1, 0.15) is 65.2 Å². The van der Waals surface area contributed by atoms with Crippen molar-refractivity contribution in [2.24, 2.45) is 5.92 Å². The van der Waals surface area contributed by atoms with E-state index in [-0.39, 0.29) is 23.2 Å². The van der Waals surface area contributed by atoms with Crippen LogP contribution in [0.5, 0.6) is 5.75 Å². The highest BCUT2D eigenvalue weighted by atomic mass is 16.5. The molecular formula is C19H28O5. The number of carboxylic acids is 1. The number of phenolic OH excluding ortho intramolecular Hbond substituents is 1. The van der Waals surface area contributed by atoms with E-state index in [4.69, 9.17) is 9.84 Å². The largest absolute Gasteiger partial charge is 0.507 e. The van der Waals surface area contributed by atoms with Gasteiger partial charge >= 0.3 is 11.9 Å². The highest BCUT2D eigenvalue weighted by molar-refractivity contribution is 5.93. The van der Waals surface area contributed by atoms with Gasteiger partial charge in [-0.15, -0.1) is 0 Å². The predicted octanol–water partition coefficient (Wildman–Crippen LogP) is 3.75. The van der Waals surface area contributed by atoms with Gasteiger partial charge in [0.25, 0.3) is 0 Å². The maximum atomic E-state index is 11.7. The number of hydrogen-bond acceptors (Lipinski definition) is 4. The van der Waals surface area contributed by atoms with Crippen molar-refractivity contribution in [2.45, 2.75) is 65.9 Å². The van der Waals surface area contributed by atoms with Gasteiger partial charge in [-0.1, -0.05) is 41.5 Å². The number of aliphatic carboxylic acids is 1. The smallest absolute Gasteiger partial charge is 0.320 e. The van der Waals surface area contributed by atoms with Gasteiger partial charge < -0.3 is 14.9 Å². The number of phenols is 1. The van der Waals surface area contributed by atoms with Gasteiger partial charge in [-0.05, 0) is 46.6 Å². The lowest BCUT2D eigenvalue weighted by atomic mass is 9.78. The molecule has 0 saturated carbocycles. The maximum Gasteiger partial charge on any atom is 0.320 e. The first kappa shape index (κ1) is 20.0. The highest BCUT2D eigenvalue weighted by Crippen LogP contribution is 2.39. The SMILES string of the molecule is CC(C(=O)O)C(=O)OCc1cc(C(C)(C)C)c(O)c(C(C)(C)C)c1. The fourth-order valence-corrected chi connectivity index (χ4v) is 2.30. The van der Waals surface area contributed by atoms with Crippen LogP contribution in [0.25, 0.3) is 0 Å². The molecule has 0 heterocycles. The number of esters is 1. The second kappa shape index (κ2) is 6.83. The van der Waals surface area contributed by atoms with Gasteiger partial charge in [-0.2, -0.15) is 0 Å². The van der Waals surface area contributed by atoms with Gasteiger partial charge in [0.2, 0.25) is 0 Å². The molecule has 0 aliphatic carbocycles. The number of carbonyl (C=O) groups excluding carboxylic acids is 1. The van der Waals surface area contributed by atoms with Crippen LogP contribution in [0.4, 0.5) is 0 Å². The molecule has 1 rings (SSSR count). The van der Waals surface area contributed by atoms with E-state index in [2.05, 4.69) is 0 Å². The van der Waals surface area contributed by atoms with E-state index < -0.39 is 17.9 Å². The molecule has 0 fully saturated rings. The standard InChI is InChI=1S/C19H28O5/c1-11(16(21)22)17(23)24-10-12-8-13(18(2,3)4)15(20)14(9-12)19(5,6)7/h8-9,11,20H,10H2,1-7H3,(H,21,22). The average Bonchev–Trinajstić information content (AvgIpc) is 2.42. The topological polar surface area (TPSA) is 83.8 Å². The van der Waals surface area contributed by atoms with Crippen LogP contribution in [-0.4, -0.2) is 22.2 Å². The minimum Gasteiger partial charge on any atom is -0.507 e. The van der Waals surface area contributed by atoms with E-state index in [0.29, 0.717) is 0 Å². The van der Waals surface area contributed by atoms with Crippen LogP contribution in [-0.2, 0) is 31.8 Å². The van der Waals surface area contributed by atoms with Crippen LogP contribution in [0.3, 0.4) is 0 Å². The Hall–Kier alpha value is -2.04. The summed E-state index contributed by atoms with van der Waals surface area (Å²) in [6.45, 7) is 13.3. The molecule has 5 nitrogen and oxygen atoms in total. The monoisotopic (exact) mass is 336 g/mol. The van der Waals surface area contributed by atoms with Crippen molar-refractivity contribution in [1.82, 2.24) is 0 Å². The summed E-state index contributed by atoms with van der Waals surface area (Å²) in [5.41, 5.74) is 1.71. The quantitative estimate of drug-likeness (QED) is 0.646. The second-order valence-corrected chi connectivity index (χ2v) is 8.21. The van der Waals surface area contributed by atoms with Crippen LogP contribution in [0, 0.1) is 5.92 Å². The highest BCUT2D eigenvalue weighted by Gasteiger charge is 2.27. The molecule has 24 heavy (non-hydrogen) atoms. The van der Waals surface area contributed by atoms with Crippen molar-refractivity contribution in [1.29, 1.82) is 0 Å². The van der Waals surface area contributed by atoms with E-state index in [0.717, 1.165) is 16.7 Å². The molecule has 1 aromatic rings. The van der Waals surface area contributed by atoms with Crippen LogP contribution >= 0.6 is 0 Å². The lowest BCUT2D eigenvalue weighted by Crippen LogP contribution is -2.23. The first-order valence-corrected chi connectivity index (χ1v) is 8.01. The lowest BCUT2D eigenvalue weighted by Gasteiger charge is -2.28.